The van der Waals surface area contributed by atoms with E-state index in [4.69, 9.17) is 0 Å². The molecule has 0 aliphatic rings. The predicted molar refractivity (Wildman–Crippen MR) is 53.0 cm³/mol. The van der Waals surface area contributed by atoms with Gasteiger partial charge >= 0.3 is 5.97 Å². The second-order valence-electron chi connectivity index (χ2n) is 3.00. The van der Waals surface area contributed by atoms with Crippen LogP contribution in [0.15, 0.2) is 12.1 Å². The molecular formula is C9H13NO2S. The van der Waals surface area contributed by atoms with Crippen LogP contribution in [-0.4, -0.2) is 32.1 Å². The highest BCUT2D eigenvalue weighted by molar-refractivity contribution is 7.13. The molecule has 1 aromatic heterocycles. The first-order chi connectivity index (χ1) is 6.13. The Labute approximate surface area is 81.9 Å². The lowest BCUT2D eigenvalue weighted by Crippen LogP contribution is -2.09. The number of methoxy groups -OCH3 is 1. The summed E-state index contributed by atoms with van der Waals surface area (Å²) < 4.78 is 4.61. The molecule has 0 atom stereocenters. The van der Waals surface area contributed by atoms with Gasteiger partial charge in [-0.15, -0.1) is 11.3 Å². The quantitative estimate of drug-likeness (QED) is 0.692. The molecule has 1 heterocycles. The summed E-state index contributed by atoms with van der Waals surface area (Å²) in [6, 6.07) is 3.76. The fourth-order valence-corrected chi connectivity index (χ4v) is 2.03. The highest BCUT2D eigenvalue weighted by Crippen LogP contribution is 2.18. The fourth-order valence-electron chi connectivity index (χ4n) is 0.985. The van der Waals surface area contributed by atoms with Gasteiger partial charge in [0.05, 0.1) is 7.11 Å². The number of esters is 1. The summed E-state index contributed by atoms with van der Waals surface area (Å²) in [4.78, 5) is 15.0. The van der Waals surface area contributed by atoms with Crippen molar-refractivity contribution in [2.24, 2.45) is 0 Å². The first-order valence-electron chi connectivity index (χ1n) is 3.95. The van der Waals surface area contributed by atoms with E-state index in [1.165, 1.54) is 23.3 Å². The van der Waals surface area contributed by atoms with Crippen molar-refractivity contribution in [1.82, 2.24) is 4.90 Å². The van der Waals surface area contributed by atoms with Gasteiger partial charge in [-0.05, 0) is 26.2 Å². The lowest BCUT2D eigenvalue weighted by atomic mass is 10.4. The highest BCUT2D eigenvalue weighted by Gasteiger charge is 2.08. The summed E-state index contributed by atoms with van der Waals surface area (Å²) in [5, 5.41) is 0. The first kappa shape index (κ1) is 10.2. The van der Waals surface area contributed by atoms with Gasteiger partial charge in [-0.1, -0.05) is 0 Å². The minimum absolute atomic E-state index is 0.255. The zero-order chi connectivity index (χ0) is 9.84. The molecule has 13 heavy (non-hydrogen) atoms. The summed E-state index contributed by atoms with van der Waals surface area (Å²) in [7, 11) is 5.39. The Bertz CT molecular complexity index is 294. The molecule has 0 saturated heterocycles. The van der Waals surface area contributed by atoms with E-state index >= 15 is 0 Å². The molecule has 0 fully saturated rings. The van der Waals surface area contributed by atoms with E-state index in [-0.39, 0.29) is 5.97 Å². The topological polar surface area (TPSA) is 29.5 Å². The van der Waals surface area contributed by atoms with Gasteiger partial charge in [0.25, 0.3) is 0 Å². The summed E-state index contributed by atoms with van der Waals surface area (Å²) >= 11 is 1.48. The molecule has 72 valence electrons. The summed E-state index contributed by atoms with van der Waals surface area (Å²) in [6.07, 6.45) is 0. The molecule has 0 amide bonds. The van der Waals surface area contributed by atoms with E-state index in [1.807, 2.05) is 20.2 Å². The second-order valence-corrected chi connectivity index (χ2v) is 4.16. The van der Waals surface area contributed by atoms with Crippen LogP contribution in [-0.2, 0) is 11.3 Å². The van der Waals surface area contributed by atoms with Crippen LogP contribution in [0.25, 0.3) is 0 Å². The lowest BCUT2D eigenvalue weighted by Gasteiger charge is -2.05. The number of thiophene rings is 1. The van der Waals surface area contributed by atoms with Gasteiger partial charge in [0.2, 0.25) is 0 Å². The molecule has 0 aliphatic heterocycles. The van der Waals surface area contributed by atoms with Crippen molar-refractivity contribution in [2.45, 2.75) is 6.54 Å². The van der Waals surface area contributed by atoms with Crippen molar-refractivity contribution in [3.8, 4) is 0 Å². The third-order valence-electron chi connectivity index (χ3n) is 1.52. The number of ether oxygens (including phenoxy) is 1. The number of hydrogen-bond acceptors (Lipinski definition) is 4. The summed E-state index contributed by atoms with van der Waals surface area (Å²) in [5.41, 5.74) is 0. The van der Waals surface area contributed by atoms with Crippen molar-refractivity contribution in [3.63, 3.8) is 0 Å². The molecule has 4 heteroatoms. The normalized spacial score (nSPS) is 10.5. The van der Waals surface area contributed by atoms with E-state index in [9.17, 15) is 4.79 Å². The number of rotatable bonds is 3. The average molecular weight is 199 g/mol. The number of carbonyl (C=O) groups excluding carboxylic acids is 1. The molecular weight excluding hydrogens is 186 g/mol. The van der Waals surface area contributed by atoms with Crippen molar-refractivity contribution < 1.29 is 9.53 Å². The predicted octanol–water partition coefficient (Wildman–Crippen LogP) is 1.60. The van der Waals surface area contributed by atoms with Crippen molar-refractivity contribution in [1.29, 1.82) is 0 Å². The molecule has 1 aromatic rings. The third kappa shape index (κ3) is 2.82. The van der Waals surface area contributed by atoms with E-state index in [1.54, 1.807) is 6.07 Å². The van der Waals surface area contributed by atoms with E-state index < -0.39 is 0 Å². The molecule has 0 unspecified atom stereocenters. The molecule has 0 saturated carbocycles. The first-order valence-corrected chi connectivity index (χ1v) is 4.77. The van der Waals surface area contributed by atoms with Gasteiger partial charge in [0, 0.05) is 11.4 Å². The minimum Gasteiger partial charge on any atom is -0.465 e. The van der Waals surface area contributed by atoms with Crippen LogP contribution < -0.4 is 0 Å². The van der Waals surface area contributed by atoms with Crippen molar-refractivity contribution >= 4 is 17.3 Å². The summed E-state index contributed by atoms with van der Waals surface area (Å²) in [5.74, 6) is -0.255. The maximum atomic E-state index is 11.1. The zero-order valence-electron chi connectivity index (χ0n) is 8.03. The Hall–Kier alpha value is -0.870. The molecule has 0 aromatic carbocycles. The van der Waals surface area contributed by atoms with Crippen LogP contribution in [0.1, 0.15) is 14.5 Å². The van der Waals surface area contributed by atoms with Crippen molar-refractivity contribution in [2.75, 3.05) is 21.2 Å². The van der Waals surface area contributed by atoms with E-state index in [2.05, 4.69) is 9.64 Å². The molecule has 0 radical (unpaired) electrons. The van der Waals surface area contributed by atoms with Crippen LogP contribution in [0.2, 0.25) is 0 Å². The molecule has 0 N–H and O–H groups in total. The minimum atomic E-state index is -0.255. The van der Waals surface area contributed by atoms with Gasteiger partial charge in [-0.2, -0.15) is 0 Å². The number of hydrogen-bond donors (Lipinski definition) is 0. The monoisotopic (exact) mass is 199 g/mol. The Kier molecular flexibility index (Phi) is 3.45. The van der Waals surface area contributed by atoms with Crippen LogP contribution >= 0.6 is 11.3 Å². The third-order valence-corrected chi connectivity index (χ3v) is 2.57. The average Bonchev–Trinajstić information content (AvgIpc) is 2.50. The van der Waals surface area contributed by atoms with Crippen molar-refractivity contribution in [3.05, 3.63) is 21.9 Å². The van der Waals surface area contributed by atoms with Gasteiger partial charge < -0.3 is 9.64 Å². The summed E-state index contributed by atoms with van der Waals surface area (Å²) in [6.45, 7) is 0.863. The largest absolute Gasteiger partial charge is 0.465 e. The Morgan fingerprint density at radius 3 is 2.77 bits per heavy atom. The second kappa shape index (κ2) is 4.39. The van der Waals surface area contributed by atoms with Crippen LogP contribution in [0.3, 0.4) is 0 Å². The maximum absolute atomic E-state index is 11.1. The van der Waals surface area contributed by atoms with Crippen LogP contribution in [0.5, 0.6) is 0 Å². The molecule has 0 aliphatic carbocycles. The SMILES string of the molecule is COC(=O)c1ccc(CN(C)C)s1. The smallest absolute Gasteiger partial charge is 0.348 e. The van der Waals surface area contributed by atoms with Gasteiger partial charge in [0.15, 0.2) is 0 Å². The van der Waals surface area contributed by atoms with Crippen LogP contribution in [0.4, 0.5) is 0 Å². The number of carbonyl (C=O) groups is 1. The fraction of sp³-hybridized carbons (Fsp3) is 0.444. The van der Waals surface area contributed by atoms with E-state index in [0.717, 1.165) is 6.54 Å². The standard InChI is InChI=1S/C9H13NO2S/c1-10(2)6-7-4-5-8(13-7)9(11)12-3/h4-5H,6H2,1-3H3. The Morgan fingerprint density at radius 1 is 1.54 bits per heavy atom. The van der Waals surface area contributed by atoms with Crippen LogP contribution in [0, 0.1) is 0 Å². The molecule has 0 bridgehead atoms. The Balaban J connectivity index is 2.69. The number of nitrogens with zero attached hydrogens (tertiary/aromatic N) is 1. The lowest BCUT2D eigenvalue weighted by molar-refractivity contribution is 0.0606. The molecule has 1 rings (SSSR count). The Morgan fingerprint density at radius 2 is 2.23 bits per heavy atom. The molecule has 0 spiro atoms. The highest BCUT2D eigenvalue weighted by atomic mass is 32.1. The van der Waals surface area contributed by atoms with Gasteiger partial charge in [-0.3, -0.25) is 0 Å². The van der Waals surface area contributed by atoms with Gasteiger partial charge in [0.1, 0.15) is 4.88 Å². The van der Waals surface area contributed by atoms with E-state index in [0.29, 0.717) is 4.88 Å². The zero-order valence-corrected chi connectivity index (χ0v) is 8.85. The molecule has 3 nitrogen and oxygen atoms in total. The maximum Gasteiger partial charge on any atom is 0.348 e. The van der Waals surface area contributed by atoms with Gasteiger partial charge in [-0.25, -0.2) is 4.79 Å².